The molecular weight excluding hydrogens is 192 g/mol. The summed E-state index contributed by atoms with van der Waals surface area (Å²) in [6.45, 7) is 5.90. The van der Waals surface area contributed by atoms with Gasteiger partial charge in [-0.2, -0.15) is 0 Å². The second-order valence-electron chi connectivity index (χ2n) is 3.66. The predicted octanol–water partition coefficient (Wildman–Crippen LogP) is 2.50. The number of rotatable bonds is 7. The summed E-state index contributed by atoms with van der Waals surface area (Å²) >= 11 is 0. The molecule has 2 amide bonds. The minimum Gasteiger partial charge on any atom is -0.323 e. The number of hydrogen-bond donors (Lipinski definition) is 0. The number of urea groups is 1. The Kier molecular flexibility index (Phi) is 8.09. The maximum absolute atomic E-state index is 11.8. The normalized spacial score (nSPS) is 10.1. The molecule has 0 aliphatic heterocycles. The fourth-order valence-corrected chi connectivity index (χ4v) is 1.28. The van der Waals surface area contributed by atoms with E-state index in [9.17, 15) is 4.79 Å². The molecule has 0 atom stereocenters. The summed E-state index contributed by atoms with van der Waals surface area (Å²) in [5, 5.41) is 1.28. The molecule has 0 radical (unpaired) electrons. The molecule has 0 saturated carbocycles. The Balaban J connectivity index is 4.13. The average Bonchev–Trinajstić information content (AvgIpc) is 2.27. The highest BCUT2D eigenvalue weighted by atomic mass is 16.7. The van der Waals surface area contributed by atoms with Gasteiger partial charge in [0.15, 0.2) is 0 Å². The van der Waals surface area contributed by atoms with Crippen molar-refractivity contribution < 1.29 is 9.63 Å². The van der Waals surface area contributed by atoms with Gasteiger partial charge in [-0.15, -0.1) is 0 Å². The van der Waals surface area contributed by atoms with Crippen molar-refractivity contribution in [2.75, 3.05) is 27.2 Å². The summed E-state index contributed by atoms with van der Waals surface area (Å²) in [5.41, 5.74) is 0. The van der Waals surface area contributed by atoms with Crippen LogP contribution in [-0.4, -0.2) is 43.2 Å². The van der Waals surface area contributed by atoms with E-state index in [0.717, 1.165) is 38.8 Å². The molecule has 0 spiro atoms. The van der Waals surface area contributed by atoms with E-state index in [2.05, 4.69) is 13.8 Å². The van der Waals surface area contributed by atoms with Gasteiger partial charge in [-0.1, -0.05) is 26.7 Å². The van der Waals surface area contributed by atoms with Gasteiger partial charge in [0.25, 0.3) is 0 Å². The number of amides is 2. The Morgan fingerprint density at radius 2 is 1.60 bits per heavy atom. The van der Waals surface area contributed by atoms with E-state index in [1.54, 1.807) is 7.05 Å². The van der Waals surface area contributed by atoms with Crippen LogP contribution in [0, 0.1) is 0 Å². The Hall–Kier alpha value is -0.770. The van der Waals surface area contributed by atoms with Crippen molar-refractivity contribution in [1.29, 1.82) is 0 Å². The van der Waals surface area contributed by atoms with Gasteiger partial charge in [0.05, 0.1) is 7.11 Å². The molecule has 0 aliphatic carbocycles. The van der Waals surface area contributed by atoms with Crippen LogP contribution in [0.2, 0.25) is 0 Å². The first-order chi connectivity index (χ1) is 7.17. The molecule has 0 heterocycles. The van der Waals surface area contributed by atoms with Crippen molar-refractivity contribution in [3.8, 4) is 0 Å². The fourth-order valence-electron chi connectivity index (χ4n) is 1.28. The monoisotopic (exact) mass is 216 g/mol. The maximum atomic E-state index is 11.8. The lowest BCUT2D eigenvalue weighted by Gasteiger charge is -2.26. The molecular formula is C11H24N2O2. The van der Waals surface area contributed by atoms with Crippen LogP contribution in [0.25, 0.3) is 0 Å². The third-order valence-corrected chi connectivity index (χ3v) is 2.38. The zero-order chi connectivity index (χ0) is 11.7. The molecule has 0 unspecified atom stereocenters. The van der Waals surface area contributed by atoms with Crippen molar-refractivity contribution in [3.63, 3.8) is 0 Å². The lowest BCUT2D eigenvalue weighted by Crippen LogP contribution is -2.41. The van der Waals surface area contributed by atoms with Gasteiger partial charge in [-0.3, -0.25) is 4.84 Å². The smallest absolute Gasteiger partial charge is 0.323 e. The zero-order valence-electron chi connectivity index (χ0n) is 10.5. The van der Waals surface area contributed by atoms with Gasteiger partial charge >= 0.3 is 6.03 Å². The molecule has 0 fully saturated rings. The summed E-state index contributed by atoms with van der Waals surface area (Å²) in [6.07, 6.45) is 4.30. The number of hydroxylamine groups is 2. The molecule has 0 aromatic heterocycles. The highest BCUT2D eigenvalue weighted by Crippen LogP contribution is 2.03. The van der Waals surface area contributed by atoms with E-state index in [1.165, 1.54) is 12.2 Å². The van der Waals surface area contributed by atoms with Crippen molar-refractivity contribution >= 4 is 6.03 Å². The number of carbonyl (C=O) groups excluding carboxylic acids is 1. The fraction of sp³-hybridized carbons (Fsp3) is 0.909. The minimum atomic E-state index is -0.0422. The average molecular weight is 216 g/mol. The summed E-state index contributed by atoms with van der Waals surface area (Å²) in [7, 11) is 3.16. The summed E-state index contributed by atoms with van der Waals surface area (Å²) in [4.78, 5) is 18.6. The third-order valence-electron chi connectivity index (χ3n) is 2.38. The van der Waals surface area contributed by atoms with E-state index in [0.29, 0.717) is 0 Å². The van der Waals surface area contributed by atoms with Crippen LogP contribution in [0.4, 0.5) is 4.79 Å². The molecule has 90 valence electrons. The van der Waals surface area contributed by atoms with Gasteiger partial charge < -0.3 is 4.90 Å². The van der Waals surface area contributed by atoms with Gasteiger partial charge in [-0.05, 0) is 12.8 Å². The number of unbranched alkanes of at least 4 members (excludes halogenated alkanes) is 2. The van der Waals surface area contributed by atoms with E-state index >= 15 is 0 Å². The first kappa shape index (κ1) is 14.2. The summed E-state index contributed by atoms with van der Waals surface area (Å²) in [5.74, 6) is 0. The Labute approximate surface area is 93.1 Å². The number of hydrogen-bond acceptors (Lipinski definition) is 2. The molecule has 0 aliphatic rings. The first-order valence-corrected chi connectivity index (χ1v) is 5.74. The Bertz CT molecular complexity index is 166. The molecule has 0 aromatic rings. The molecule has 15 heavy (non-hydrogen) atoms. The number of carbonyl (C=O) groups is 1. The van der Waals surface area contributed by atoms with Crippen LogP contribution in [0.5, 0.6) is 0 Å². The number of nitrogens with zero attached hydrogens (tertiary/aromatic N) is 2. The van der Waals surface area contributed by atoms with Crippen LogP contribution < -0.4 is 0 Å². The third kappa shape index (κ3) is 5.62. The minimum absolute atomic E-state index is 0.0422. The van der Waals surface area contributed by atoms with E-state index < -0.39 is 0 Å². The van der Waals surface area contributed by atoms with Gasteiger partial charge in [-0.25, -0.2) is 9.86 Å². The highest BCUT2D eigenvalue weighted by molar-refractivity contribution is 5.72. The standard InChI is InChI=1S/C11H24N2O2/c1-5-7-9-13(10-8-6-2)11(14)12(3)15-4/h5-10H2,1-4H3. The molecule has 4 heteroatoms. The predicted molar refractivity (Wildman–Crippen MR) is 61.6 cm³/mol. The highest BCUT2D eigenvalue weighted by Gasteiger charge is 2.16. The van der Waals surface area contributed by atoms with Gasteiger partial charge in [0, 0.05) is 20.1 Å². The second kappa shape index (κ2) is 8.53. The van der Waals surface area contributed by atoms with Gasteiger partial charge in [0.1, 0.15) is 0 Å². The SMILES string of the molecule is CCCCN(CCCC)C(=O)N(C)OC. The van der Waals surface area contributed by atoms with Crippen molar-refractivity contribution in [3.05, 3.63) is 0 Å². The van der Waals surface area contributed by atoms with Crippen LogP contribution >= 0.6 is 0 Å². The topological polar surface area (TPSA) is 32.8 Å². The second-order valence-corrected chi connectivity index (χ2v) is 3.66. The molecule has 0 N–H and O–H groups in total. The van der Waals surface area contributed by atoms with Gasteiger partial charge in [0.2, 0.25) is 0 Å². The van der Waals surface area contributed by atoms with Crippen molar-refractivity contribution in [2.45, 2.75) is 39.5 Å². The zero-order valence-corrected chi connectivity index (χ0v) is 10.5. The molecule has 0 saturated heterocycles. The lowest BCUT2D eigenvalue weighted by atomic mass is 10.3. The maximum Gasteiger partial charge on any atom is 0.343 e. The van der Waals surface area contributed by atoms with Crippen LogP contribution in [0.1, 0.15) is 39.5 Å². The van der Waals surface area contributed by atoms with Crippen molar-refractivity contribution in [1.82, 2.24) is 9.96 Å². The van der Waals surface area contributed by atoms with Crippen LogP contribution in [-0.2, 0) is 4.84 Å². The lowest BCUT2D eigenvalue weighted by molar-refractivity contribution is -0.0761. The van der Waals surface area contributed by atoms with Crippen molar-refractivity contribution in [2.24, 2.45) is 0 Å². The van der Waals surface area contributed by atoms with Crippen LogP contribution in [0.3, 0.4) is 0 Å². The largest absolute Gasteiger partial charge is 0.343 e. The molecule has 0 aromatic carbocycles. The Morgan fingerprint density at radius 3 is 1.93 bits per heavy atom. The van der Waals surface area contributed by atoms with E-state index in [4.69, 9.17) is 4.84 Å². The molecule has 4 nitrogen and oxygen atoms in total. The first-order valence-electron chi connectivity index (χ1n) is 5.74. The molecule has 0 bridgehead atoms. The summed E-state index contributed by atoms with van der Waals surface area (Å²) < 4.78 is 0. The summed E-state index contributed by atoms with van der Waals surface area (Å²) in [6, 6.07) is -0.0422. The van der Waals surface area contributed by atoms with Crippen LogP contribution in [0.15, 0.2) is 0 Å². The van der Waals surface area contributed by atoms with E-state index in [-0.39, 0.29) is 6.03 Å². The Morgan fingerprint density at radius 1 is 1.13 bits per heavy atom. The quantitative estimate of drug-likeness (QED) is 0.612. The van der Waals surface area contributed by atoms with E-state index in [1.807, 2.05) is 4.90 Å². The molecule has 0 rings (SSSR count).